The molecule has 20 heavy (non-hydrogen) atoms. The van der Waals surface area contributed by atoms with Gasteiger partial charge in [-0.3, -0.25) is 4.79 Å². The molecule has 2 rings (SSSR count). The van der Waals surface area contributed by atoms with Crippen molar-refractivity contribution in [3.63, 3.8) is 0 Å². The Bertz CT molecular complexity index is 623. The summed E-state index contributed by atoms with van der Waals surface area (Å²) in [6.45, 7) is 4.44. The molecule has 0 aliphatic rings. The van der Waals surface area contributed by atoms with E-state index in [0.717, 1.165) is 11.3 Å². The van der Waals surface area contributed by atoms with Gasteiger partial charge >= 0.3 is 0 Å². The van der Waals surface area contributed by atoms with Crippen LogP contribution in [0.25, 0.3) is 0 Å². The number of aryl methyl sites for hydroxylation is 2. The Labute approximate surface area is 119 Å². The average molecular weight is 269 g/mol. The summed E-state index contributed by atoms with van der Waals surface area (Å²) in [5.74, 6) is 0.612. The van der Waals surface area contributed by atoms with Crippen LogP contribution in [0.4, 0.5) is 5.82 Å². The number of anilines is 1. The summed E-state index contributed by atoms with van der Waals surface area (Å²) in [6, 6.07) is 11.6. The molecule has 0 atom stereocenters. The number of rotatable bonds is 4. The van der Waals surface area contributed by atoms with E-state index in [1.54, 1.807) is 19.2 Å². The highest BCUT2D eigenvalue weighted by atomic mass is 16.1. The number of carbonyl (C=O) groups is 1. The van der Waals surface area contributed by atoms with Crippen LogP contribution in [0.2, 0.25) is 0 Å². The maximum Gasteiger partial charge on any atom is 0.251 e. The number of aromatic nitrogens is 1. The van der Waals surface area contributed by atoms with Gasteiger partial charge in [-0.15, -0.1) is 0 Å². The molecule has 104 valence electrons. The lowest BCUT2D eigenvalue weighted by Gasteiger charge is -2.09. The number of hydrogen-bond acceptors (Lipinski definition) is 3. The van der Waals surface area contributed by atoms with Crippen molar-refractivity contribution < 1.29 is 4.79 Å². The van der Waals surface area contributed by atoms with Crippen molar-refractivity contribution in [3.05, 3.63) is 58.8 Å². The van der Waals surface area contributed by atoms with Gasteiger partial charge in [-0.05, 0) is 37.1 Å². The van der Waals surface area contributed by atoms with E-state index >= 15 is 0 Å². The second kappa shape index (κ2) is 6.19. The molecule has 4 heteroatoms. The van der Waals surface area contributed by atoms with E-state index in [1.165, 1.54) is 5.56 Å². The van der Waals surface area contributed by atoms with Gasteiger partial charge in [0.2, 0.25) is 0 Å². The number of carbonyl (C=O) groups excluding carboxylic acids is 1. The third-order valence-corrected chi connectivity index (χ3v) is 3.17. The predicted molar refractivity (Wildman–Crippen MR) is 80.9 cm³/mol. The minimum absolute atomic E-state index is 0.0877. The van der Waals surface area contributed by atoms with Crippen LogP contribution in [0.15, 0.2) is 36.4 Å². The second-order valence-electron chi connectivity index (χ2n) is 4.74. The summed E-state index contributed by atoms with van der Waals surface area (Å²) < 4.78 is 0. The zero-order valence-electron chi connectivity index (χ0n) is 12.0. The van der Waals surface area contributed by atoms with Crippen LogP contribution in [0, 0.1) is 13.8 Å². The van der Waals surface area contributed by atoms with Crippen molar-refractivity contribution in [1.29, 1.82) is 0 Å². The van der Waals surface area contributed by atoms with Crippen molar-refractivity contribution in [1.82, 2.24) is 10.3 Å². The molecule has 1 heterocycles. The highest BCUT2D eigenvalue weighted by Crippen LogP contribution is 2.11. The summed E-state index contributed by atoms with van der Waals surface area (Å²) in [4.78, 5) is 16.5. The Balaban J connectivity index is 2.09. The van der Waals surface area contributed by atoms with Gasteiger partial charge in [-0.25, -0.2) is 4.98 Å². The van der Waals surface area contributed by atoms with Gasteiger partial charge < -0.3 is 10.6 Å². The number of benzene rings is 1. The van der Waals surface area contributed by atoms with Crippen molar-refractivity contribution in [3.8, 4) is 0 Å². The van der Waals surface area contributed by atoms with Gasteiger partial charge in [0.05, 0.1) is 0 Å². The largest absolute Gasteiger partial charge is 0.373 e. The van der Waals surface area contributed by atoms with Gasteiger partial charge in [-0.1, -0.05) is 24.3 Å². The molecule has 1 aromatic heterocycles. The average Bonchev–Trinajstić information content (AvgIpc) is 2.45. The molecule has 0 fully saturated rings. The lowest BCUT2D eigenvalue weighted by atomic mass is 10.1. The monoisotopic (exact) mass is 269 g/mol. The van der Waals surface area contributed by atoms with Gasteiger partial charge in [0.15, 0.2) is 0 Å². The molecule has 0 unspecified atom stereocenters. The quantitative estimate of drug-likeness (QED) is 0.897. The number of nitrogens with one attached hydrogen (secondary N) is 2. The van der Waals surface area contributed by atoms with Gasteiger partial charge in [0, 0.05) is 24.8 Å². The van der Waals surface area contributed by atoms with Crippen LogP contribution in [0.5, 0.6) is 0 Å². The van der Waals surface area contributed by atoms with Gasteiger partial charge in [-0.2, -0.15) is 0 Å². The Hall–Kier alpha value is -2.36. The lowest BCUT2D eigenvalue weighted by Crippen LogP contribution is -2.23. The fourth-order valence-corrected chi connectivity index (χ4v) is 2.01. The first-order valence-electron chi connectivity index (χ1n) is 6.59. The van der Waals surface area contributed by atoms with Crippen molar-refractivity contribution in [2.24, 2.45) is 0 Å². The van der Waals surface area contributed by atoms with E-state index in [9.17, 15) is 4.79 Å². The smallest absolute Gasteiger partial charge is 0.251 e. The summed E-state index contributed by atoms with van der Waals surface area (Å²) in [7, 11) is 1.79. The molecule has 1 amide bonds. The zero-order valence-corrected chi connectivity index (χ0v) is 12.0. The molecule has 0 radical (unpaired) electrons. The number of pyridine rings is 1. The van der Waals surface area contributed by atoms with Crippen molar-refractivity contribution >= 4 is 11.7 Å². The molecule has 0 saturated carbocycles. The molecule has 0 aliphatic carbocycles. The minimum atomic E-state index is -0.0877. The number of amides is 1. The van der Waals surface area contributed by atoms with E-state index in [-0.39, 0.29) is 5.91 Å². The van der Waals surface area contributed by atoms with Crippen molar-refractivity contribution in [2.75, 3.05) is 12.4 Å². The Kier molecular flexibility index (Phi) is 4.35. The number of nitrogens with zero attached hydrogens (tertiary/aromatic N) is 1. The minimum Gasteiger partial charge on any atom is -0.373 e. The summed E-state index contributed by atoms with van der Waals surface area (Å²) in [5, 5.41) is 5.89. The van der Waals surface area contributed by atoms with E-state index < -0.39 is 0 Å². The van der Waals surface area contributed by atoms with Crippen LogP contribution < -0.4 is 10.6 Å². The van der Waals surface area contributed by atoms with E-state index in [0.29, 0.717) is 17.9 Å². The standard InChI is InChI=1S/C16H19N3O/c1-11-6-4-5-7-13(11)10-18-16(20)14-8-12(2)19-15(9-14)17-3/h4-9H,10H2,1-3H3,(H,17,19)(H,18,20). The Morgan fingerprint density at radius 3 is 2.65 bits per heavy atom. The third-order valence-electron chi connectivity index (χ3n) is 3.17. The first-order valence-corrected chi connectivity index (χ1v) is 6.59. The lowest BCUT2D eigenvalue weighted by molar-refractivity contribution is 0.0950. The molecular formula is C16H19N3O. The Morgan fingerprint density at radius 1 is 1.20 bits per heavy atom. The molecule has 0 aliphatic heterocycles. The zero-order chi connectivity index (χ0) is 14.5. The summed E-state index contributed by atoms with van der Waals surface area (Å²) in [6.07, 6.45) is 0. The van der Waals surface area contributed by atoms with E-state index in [4.69, 9.17) is 0 Å². The molecule has 2 aromatic rings. The van der Waals surface area contributed by atoms with Crippen LogP contribution in [-0.2, 0) is 6.54 Å². The third kappa shape index (κ3) is 3.35. The highest BCUT2D eigenvalue weighted by Gasteiger charge is 2.08. The fourth-order valence-electron chi connectivity index (χ4n) is 2.01. The highest BCUT2D eigenvalue weighted by molar-refractivity contribution is 5.94. The molecular weight excluding hydrogens is 250 g/mol. The molecule has 0 bridgehead atoms. The molecule has 1 aromatic carbocycles. The van der Waals surface area contributed by atoms with Crippen LogP contribution in [0.1, 0.15) is 27.2 Å². The van der Waals surface area contributed by atoms with E-state index in [2.05, 4.69) is 15.6 Å². The van der Waals surface area contributed by atoms with E-state index in [1.807, 2.05) is 38.1 Å². The molecule has 0 saturated heterocycles. The fraction of sp³-hybridized carbons (Fsp3) is 0.250. The molecule has 0 spiro atoms. The number of hydrogen-bond donors (Lipinski definition) is 2. The SMILES string of the molecule is CNc1cc(C(=O)NCc2ccccc2C)cc(C)n1. The van der Waals surface area contributed by atoms with Gasteiger partial charge in [0.25, 0.3) is 5.91 Å². The Morgan fingerprint density at radius 2 is 1.95 bits per heavy atom. The van der Waals surface area contributed by atoms with Crippen LogP contribution in [-0.4, -0.2) is 17.9 Å². The van der Waals surface area contributed by atoms with Gasteiger partial charge in [0.1, 0.15) is 5.82 Å². The maximum atomic E-state index is 12.2. The normalized spacial score (nSPS) is 10.2. The maximum absolute atomic E-state index is 12.2. The topological polar surface area (TPSA) is 54.0 Å². The second-order valence-corrected chi connectivity index (χ2v) is 4.74. The first kappa shape index (κ1) is 14.1. The van der Waals surface area contributed by atoms with Crippen molar-refractivity contribution in [2.45, 2.75) is 20.4 Å². The first-order chi connectivity index (χ1) is 9.60. The predicted octanol–water partition coefficient (Wildman–Crippen LogP) is 2.67. The van der Waals surface area contributed by atoms with Crippen LogP contribution in [0.3, 0.4) is 0 Å². The van der Waals surface area contributed by atoms with Crippen LogP contribution >= 0.6 is 0 Å². The summed E-state index contributed by atoms with van der Waals surface area (Å²) in [5.41, 5.74) is 3.74. The molecule has 2 N–H and O–H groups in total. The summed E-state index contributed by atoms with van der Waals surface area (Å²) >= 11 is 0. The molecule has 4 nitrogen and oxygen atoms in total.